The molecule has 0 aliphatic rings. The summed E-state index contributed by atoms with van der Waals surface area (Å²) in [4.78, 5) is 35.2. The molecule has 0 amide bonds. The van der Waals surface area contributed by atoms with E-state index in [1.165, 1.54) is 44.7 Å². The van der Waals surface area contributed by atoms with Crippen LogP contribution in [-0.2, 0) is 19.1 Å². The zero-order valence-electron chi connectivity index (χ0n) is 13.4. The molecule has 23 heavy (non-hydrogen) atoms. The minimum absolute atomic E-state index is 0.0676. The van der Waals surface area contributed by atoms with Crippen LogP contribution in [0.25, 0.3) is 0 Å². The molecule has 1 aromatic carbocycles. The zero-order chi connectivity index (χ0) is 17.2. The van der Waals surface area contributed by atoms with Crippen molar-refractivity contribution in [1.29, 1.82) is 0 Å². The van der Waals surface area contributed by atoms with Crippen LogP contribution in [0, 0.1) is 0 Å². The van der Waals surface area contributed by atoms with E-state index in [2.05, 4.69) is 0 Å². The number of carbonyl (C=O) groups is 3. The minimum Gasteiger partial charge on any atom is -0.468 e. The van der Waals surface area contributed by atoms with Crippen LogP contribution in [0.3, 0.4) is 0 Å². The van der Waals surface area contributed by atoms with Gasteiger partial charge in [0.2, 0.25) is 0 Å². The van der Waals surface area contributed by atoms with Gasteiger partial charge in [-0.3, -0.25) is 9.59 Å². The Bertz CT molecular complexity index is 559. The Balaban J connectivity index is 2.71. The highest BCUT2D eigenvalue weighted by molar-refractivity contribution is 8.13. The standard InChI is InChI=1S/C16H20O5S2/c1-11(17)22-9-5-8-14(16(19)21-3)23-13-7-4-6-12(10-13)15(18)20-2/h4,6-7,10,14H,5,8-9H2,1-3H3/t14-/m0/s1. The van der Waals surface area contributed by atoms with Gasteiger partial charge in [0, 0.05) is 17.6 Å². The largest absolute Gasteiger partial charge is 0.468 e. The maximum atomic E-state index is 11.9. The molecule has 0 aromatic heterocycles. The summed E-state index contributed by atoms with van der Waals surface area (Å²) in [5.41, 5.74) is 0.438. The number of thioether (sulfide) groups is 2. The van der Waals surface area contributed by atoms with E-state index in [1.54, 1.807) is 18.2 Å². The predicted octanol–water partition coefficient (Wildman–Crippen LogP) is 3.17. The number of carbonyl (C=O) groups excluding carboxylic acids is 3. The molecule has 0 unspecified atom stereocenters. The van der Waals surface area contributed by atoms with Crippen LogP contribution in [0.15, 0.2) is 29.2 Å². The predicted molar refractivity (Wildman–Crippen MR) is 91.8 cm³/mol. The molecule has 126 valence electrons. The molecule has 0 N–H and O–H groups in total. The van der Waals surface area contributed by atoms with E-state index >= 15 is 0 Å². The SMILES string of the molecule is COC(=O)c1cccc(S[C@@H](CCCSC(C)=O)C(=O)OC)c1. The Morgan fingerprint density at radius 3 is 2.52 bits per heavy atom. The van der Waals surface area contributed by atoms with Crippen LogP contribution in [0.4, 0.5) is 0 Å². The molecular weight excluding hydrogens is 336 g/mol. The van der Waals surface area contributed by atoms with Gasteiger partial charge in [-0.25, -0.2) is 4.79 Å². The average Bonchev–Trinajstić information content (AvgIpc) is 2.56. The first-order valence-electron chi connectivity index (χ1n) is 7.04. The fraction of sp³-hybridized carbons (Fsp3) is 0.438. The minimum atomic E-state index is -0.417. The summed E-state index contributed by atoms with van der Waals surface area (Å²) >= 11 is 2.59. The quantitative estimate of drug-likeness (QED) is 0.402. The fourth-order valence-corrected chi connectivity index (χ4v) is 3.58. The summed E-state index contributed by atoms with van der Waals surface area (Å²) in [5.74, 6) is -0.0581. The Kier molecular flexibility index (Phi) is 8.79. The van der Waals surface area contributed by atoms with Crippen molar-refractivity contribution in [3.63, 3.8) is 0 Å². The third kappa shape index (κ3) is 7.09. The van der Waals surface area contributed by atoms with Crippen LogP contribution >= 0.6 is 23.5 Å². The molecule has 0 spiro atoms. The Morgan fingerprint density at radius 1 is 1.17 bits per heavy atom. The van der Waals surface area contributed by atoms with E-state index in [0.717, 1.165) is 11.3 Å². The lowest BCUT2D eigenvalue weighted by molar-refractivity contribution is -0.140. The van der Waals surface area contributed by atoms with Crippen LogP contribution in [0.1, 0.15) is 30.1 Å². The van der Waals surface area contributed by atoms with Crippen LogP contribution in [0.2, 0.25) is 0 Å². The van der Waals surface area contributed by atoms with Crippen LogP contribution in [-0.4, -0.2) is 42.3 Å². The van der Waals surface area contributed by atoms with Gasteiger partial charge in [-0.1, -0.05) is 17.8 Å². The molecular formula is C16H20O5S2. The second-order valence-electron chi connectivity index (χ2n) is 4.63. The zero-order valence-corrected chi connectivity index (χ0v) is 15.0. The topological polar surface area (TPSA) is 69.7 Å². The smallest absolute Gasteiger partial charge is 0.337 e. The molecule has 1 rings (SSSR count). The third-order valence-corrected chi connectivity index (χ3v) is 5.05. The number of ether oxygens (including phenoxy) is 2. The van der Waals surface area contributed by atoms with Gasteiger partial charge in [0.1, 0.15) is 5.25 Å². The van der Waals surface area contributed by atoms with Crippen LogP contribution < -0.4 is 0 Å². The van der Waals surface area contributed by atoms with Crippen molar-refractivity contribution in [3.05, 3.63) is 29.8 Å². The van der Waals surface area contributed by atoms with Gasteiger partial charge >= 0.3 is 11.9 Å². The fourth-order valence-electron chi connectivity index (χ4n) is 1.82. The second kappa shape index (κ2) is 10.3. The highest BCUT2D eigenvalue weighted by atomic mass is 32.2. The molecule has 0 aliphatic heterocycles. The lowest BCUT2D eigenvalue weighted by Crippen LogP contribution is -2.19. The highest BCUT2D eigenvalue weighted by Crippen LogP contribution is 2.28. The number of rotatable bonds is 8. The van der Waals surface area contributed by atoms with Gasteiger partial charge in [0.15, 0.2) is 5.12 Å². The van der Waals surface area contributed by atoms with E-state index in [1.807, 2.05) is 6.07 Å². The van der Waals surface area contributed by atoms with Gasteiger partial charge in [-0.15, -0.1) is 11.8 Å². The molecule has 0 saturated heterocycles. The number of hydrogen-bond acceptors (Lipinski definition) is 7. The van der Waals surface area contributed by atoms with Gasteiger partial charge < -0.3 is 9.47 Å². The molecule has 5 nitrogen and oxygen atoms in total. The molecule has 0 radical (unpaired) electrons. The monoisotopic (exact) mass is 356 g/mol. The van der Waals surface area contributed by atoms with Gasteiger partial charge in [-0.2, -0.15) is 0 Å². The molecule has 0 heterocycles. The van der Waals surface area contributed by atoms with Crippen molar-refractivity contribution in [3.8, 4) is 0 Å². The Morgan fingerprint density at radius 2 is 1.91 bits per heavy atom. The number of benzene rings is 1. The molecule has 0 aliphatic carbocycles. The summed E-state index contributed by atoms with van der Waals surface area (Å²) in [6.45, 7) is 1.52. The first-order valence-corrected chi connectivity index (χ1v) is 8.90. The Hall–Kier alpha value is -1.47. The van der Waals surface area contributed by atoms with Crippen LogP contribution in [0.5, 0.6) is 0 Å². The Labute approximate surface area is 144 Å². The molecule has 1 aromatic rings. The number of methoxy groups -OCH3 is 2. The first-order chi connectivity index (χ1) is 11.0. The van der Waals surface area contributed by atoms with E-state index in [0.29, 0.717) is 17.7 Å². The normalized spacial score (nSPS) is 11.6. The second-order valence-corrected chi connectivity index (χ2v) is 7.18. The van der Waals surface area contributed by atoms with E-state index in [4.69, 9.17) is 9.47 Å². The van der Waals surface area contributed by atoms with Crippen molar-refractivity contribution in [2.24, 2.45) is 0 Å². The van der Waals surface area contributed by atoms with Gasteiger partial charge in [0.05, 0.1) is 19.8 Å². The third-order valence-electron chi connectivity index (χ3n) is 2.91. The van der Waals surface area contributed by atoms with E-state index in [9.17, 15) is 14.4 Å². The van der Waals surface area contributed by atoms with Crippen molar-refractivity contribution in [2.45, 2.75) is 29.9 Å². The van der Waals surface area contributed by atoms with E-state index in [-0.39, 0.29) is 16.3 Å². The molecule has 0 fully saturated rings. The first kappa shape index (κ1) is 19.6. The van der Waals surface area contributed by atoms with Gasteiger partial charge in [-0.05, 0) is 31.0 Å². The van der Waals surface area contributed by atoms with Crippen molar-refractivity contribution in [1.82, 2.24) is 0 Å². The van der Waals surface area contributed by atoms with E-state index < -0.39 is 5.97 Å². The summed E-state index contributed by atoms with van der Waals surface area (Å²) < 4.78 is 9.53. The van der Waals surface area contributed by atoms with Crippen molar-refractivity contribution >= 4 is 40.6 Å². The molecule has 7 heteroatoms. The maximum Gasteiger partial charge on any atom is 0.337 e. The number of hydrogen-bond donors (Lipinski definition) is 0. The van der Waals surface area contributed by atoms with Crippen molar-refractivity contribution < 1.29 is 23.9 Å². The highest BCUT2D eigenvalue weighted by Gasteiger charge is 2.21. The summed E-state index contributed by atoms with van der Waals surface area (Å²) in [5, 5.41) is -0.307. The van der Waals surface area contributed by atoms with Gasteiger partial charge in [0.25, 0.3) is 0 Å². The summed E-state index contributed by atoms with van der Waals surface area (Å²) in [6.07, 6.45) is 1.33. The molecule has 0 bridgehead atoms. The summed E-state index contributed by atoms with van der Waals surface area (Å²) in [6, 6.07) is 6.93. The molecule has 0 saturated carbocycles. The summed E-state index contributed by atoms with van der Waals surface area (Å²) in [7, 11) is 2.68. The number of esters is 2. The molecule has 1 atom stereocenters. The average molecular weight is 356 g/mol. The lowest BCUT2D eigenvalue weighted by atomic mass is 10.2. The van der Waals surface area contributed by atoms with Crippen molar-refractivity contribution in [2.75, 3.05) is 20.0 Å². The lowest BCUT2D eigenvalue weighted by Gasteiger charge is -2.14. The maximum absolute atomic E-state index is 11.9.